The number of aryl methyl sites for hydroxylation is 2. The van der Waals surface area contributed by atoms with Crippen molar-refractivity contribution in [3.63, 3.8) is 0 Å². The van der Waals surface area contributed by atoms with Crippen LogP contribution in [-0.4, -0.2) is 36.9 Å². The van der Waals surface area contributed by atoms with Crippen LogP contribution in [0.2, 0.25) is 0 Å². The van der Waals surface area contributed by atoms with Gasteiger partial charge in [-0.25, -0.2) is 0 Å². The molecule has 144 valence electrons. The maximum Gasteiger partial charge on any atom is 0.260 e. The van der Waals surface area contributed by atoms with Crippen LogP contribution in [0, 0.1) is 13.8 Å². The number of carbonyl (C=O) groups is 2. The van der Waals surface area contributed by atoms with Gasteiger partial charge in [-0.1, -0.05) is 38.1 Å². The first kappa shape index (κ1) is 20.5. The van der Waals surface area contributed by atoms with Gasteiger partial charge < -0.3 is 15.0 Å². The minimum Gasteiger partial charge on any atom is -0.484 e. The van der Waals surface area contributed by atoms with Crippen LogP contribution in [0.5, 0.6) is 5.75 Å². The second-order valence-electron chi connectivity index (χ2n) is 7.13. The quantitative estimate of drug-likeness (QED) is 0.806. The van der Waals surface area contributed by atoms with Crippen LogP contribution in [0.1, 0.15) is 36.5 Å². The van der Waals surface area contributed by atoms with E-state index >= 15 is 0 Å². The van der Waals surface area contributed by atoms with Gasteiger partial charge in [-0.05, 0) is 54.7 Å². The third kappa shape index (κ3) is 6.13. The molecule has 0 fully saturated rings. The van der Waals surface area contributed by atoms with Crippen molar-refractivity contribution < 1.29 is 14.3 Å². The molecule has 0 aliphatic carbocycles. The molecule has 0 unspecified atom stereocenters. The van der Waals surface area contributed by atoms with Gasteiger partial charge in [0, 0.05) is 12.7 Å². The number of rotatable bonds is 7. The van der Waals surface area contributed by atoms with Crippen LogP contribution in [0.25, 0.3) is 0 Å². The molecule has 1 N–H and O–H groups in total. The molecule has 0 spiro atoms. The van der Waals surface area contributed by atoms with Crippen LogP contribution >= 0.6 is 0 Å². The number of likely N-dealkylation sites (N-methyl/N-ethyl adjacent to an activating group) is 1. The summed E-state index contributed by atoms with van der Waals surface area (Å²) in [5.74, 6) is 0.600. The summed E-state index contributed by atoms with van der Waals surface area (Å²) in [5.41, 5.74) is 4.03. The first-order valence-electron chi connectivity index (χ1n) is 9.10. The van der Waals surface area contributed by atoms with Gasteiger partial charge in [0.2, 0.25) is 5.91 Å². The zero-order valence-electron chi connectivity index (χ0n) is 16.7. The predicted octanol–water partition coefficient (Wildman–Crippen LogP) is 3.90. The Balaban J connectivity index is 1.84. The Bertz CT molecular complexity index is 798. The normalized spacial score (nSPS) is 10.6. The highest BCUT2D eigenvalue weighted by Crippen LogP contribution is 2.19. The summed E-state index contributed by atoms with van der Waals surface area (Å²) in [4.78, 5) is 25.8. The zero-order valence-corrected chi connectivity index (χ0v) is 16.7. The molecule has 5 heteroatoms. The Kier molecular flexibility index (Phi) is 6.99. The van der Waals surface area contributed by atoms with Crippen LogP contribution in [0.3, 0.4) is 0 Å². The fraction of sp³-hybridized carbons (Fsp3) is 0.364. The largest absolute Gasteiger partial charge is 0.484 e. The van der Waals surface area contributed by atoms with E-state index in [0.29, 0.717) is 11.7 Å². The molecule has 0 bridgehead atoms. The number of hydrogen-bond donors (Lipinski definition) is 1. The zero-order chi connectivity index (χ0) is 20.0. The molecule has 0 saturated heterocycles. The van der Waals surface area contributed by atoms with Crippen molar-refractivity contribution in [3.05, 3.63) is 59.2 Å². The average molecular weight is 368 g/mol. The second kappa shape index (κ2) is 9.21. The Morgan fingerprint density at radius 1 is 1.07 bits per heavy atom. The minimum atomic E-state index is -0.251. The molecule has 0 aromatic heterocycles. The van der Waals surface area contributed by atoms with Crippen molar-refractivity contribution in [2.24, 2.45) is 0 Å². The van der Waals surface area contributed by atoms with E-state index in [1.54, 1.807) is 7.05 Å². The van der Waals surface area contributed by atoms with Crippen LogP contribution in [0.15, 0.2) is 42.5 Å². The van der Waals surface area contributed by atoms with E-state index in [2.05, 4.69) is 19.2 Å². The van der Waals surface area contributed by atoms with Crippen molar-refractivity contribution in [2.75, 3.05) is 25.5 Å². The van der Waals surface area contributed by atoms with Crippen molar-refractivity contribution in [1.29, 1.82) is 0 Å². The number of ether oxygens (including phenoxy) is 1. The number of hydrogen-bond acceptors (Lipinski definition) is 3. The summed E-state index contributed by atoms with van der Waals surface area (Å²) in [7, 11) is 1.59. The first-order valence-corrected chi connectivity index (χ1v) is 9.10. The summed E-state index contributed by atoms with van der Waals surface area (Å²) < 4.78 is 5.54. The van der Waals surface area contributed by atoms with Gasteiger partial charge >= 0.3 is 0 Å². The van der Waals surface area contributed by atoms with E-state index in [-0.39, 0.29) is 25.0 Å². The lowest BCUT2D eigenvalue weighted by Crippen LogP contribution is -2.37. The molecule has 0 aliphatic heterocycles. The van der Waals surface area contributed by atoms with Crippen LogP contribution in [-0.2, 0) is 9.59 Å². The predicted molar refractivity (Wildman–Crippen MR) is 108 cm³/mol. The van der Waals surface area contributed by atoms with Gasteiger partial charge in [0.25, 0.3) is 5.91 Å². The standard InChI is InChI=1S/C22H28N2O3/c1-15(2)18-8-10-19(11-9-18)27-14-22(26)24(5)13-21(25)23-20-12-16(3)6-7-17(20)4/h6-12,15H,13-14H2,1-5H3,(H,23,25). The van der Waals surface area contributed by atoms with Gasteiger partial charge in [0.05, 0.1) is 6.54 Å². The molecule has 27 heavy (non-hydrogen) atoms. The highest BCUT2D eigenvalue weighted by molar-refractivity contribution is 5.95. The van der Waals surface area contributed by atoms with Gasteiger partial charge in [0.15, 0.2) is 6.61 Å². The molecule has 0 heterocycles. The summed E-state index contributed by atoms with van der Waals surface area (Å²) in [6.45, 7) is 8.02. The SMILES string of the molecule is Cc1ccc(C)c(NC(=O)CN(C)C(=O)COc2ccc(C(C)C)cc2)c1. The maximum absolute atomic E-state index is 12.2. The molecule has 2 aromatic carbocycles. The molecular formula is C22H28N2O3. The van der Waals surface area contributed by atoms with Crippen molar-refractivity contribution in [3.8, 4) is 5.75 Å². The van der Waals surface area contributed by atoms with Gasteiger partial charge in [0.1, 0.15) is 5.75 Å². The Morgan fingerprint density at radius 3 is 2.37 bits per heavy atom. The maximum atomic E-state index is 12.2. The highest BCUT2D eigenvalue weighted by atomic mass is 16.5. The molecule has 2 aromatic rings. The smallest absolute Gasteiger partial charge is 0.260 e. The van der Waals surface area contributed by atoms with E-state index in [9.17, 15) is 9.59 Å². The Hall–Kier alpha value is -2.82. The fourth-order valence-electron chi connectivity index (χ4n) is 2.57. The van der Waals surface area contributed by atoms with Gasteiger partial charge in [-0.3, -0.25) is 9.59 Å². The summed E-state index contributed by atoms with van der Waals surface area (Å²) >= 11 is 0. The Labute approximate surface area is 161 Å². The first-order chi connectivity index (χ1) is 12.8. The fourth-order valence-corrected chi connectivity index (χ4v) is 2.57. The van der Waals surface area contributed by atoms with Crippen LogP contribution in [0.4, 0.5) is 5.69 Å². The lowest BCUT2D eigenvalue weighted by molar-refractivity contribution is -0.135. The lowest BCUT2D eigenvalue weighted by atomic mass is 10.0. The molecular weight excluding hydrogens is 340 g/mol. The minimum absolute atomic E-state index is 0.0259. The number of nitrogens with zero attached hydrogens (tertiary/aromatic N) is 1. The third-order valence-corrected chi connectivity index (χ3v) is 4.38. The number of nitrogens with one attached hydrogen (secondary N) is 1. The van der Waals surface area contributed by atoms with Crippen LogP contribution < -0.4 is 10.1 Å². The number of benzene rings is 2. The summed E-state index contributed by atoms with van der Waals surface area (Å²) in [6.07, 6.45) is 0. The third-order valence-electron chi connectivity index (χ3n) is 4.38. The molecule has 0 radical (unpaired) electrons. The number of carbonyl (C=O) groups excluding carboxylic acids is 2. The summed E-state index contributed by atoms with van der Waals surface area (Å²) in [5, 5.41) is 2.85. The Morgan fingerprint density at radius 2 is 1.74 bits per heavy atom. The van der Waals surface area contributed by atoms with Crippen molar-refractivity contribution in [1.82, 2.24) is 4.90 Å². The van der Waals surface area contributed by atoms with Crippen molar-refractivity contribution >= 4 is 17.5 Å². The molecule has 0 aliphatic rings. The molecule has 5 nitrogen and oxygen atoms in total. The molecule has 0 saturated carbocycles. The van der Waals surface area contributed by atoms with Gasteiger partial charge in [-0.2, -0.15) is 0 Å². The number of anilines is 1. The van der Waals surface area contributed by atoms with E-state index < -0.39 is 0 Å². The molecule has 0 atom stereocenters. The van der Waals surface area contributed by atoms with E-state index in [1.165, 1.54) is 10.5 Å². The molecule has 2 amide bonds. The van der Waals surface area contributed by atoms with E-state index in [0.717, 1.165) is 16.8 Å². The molecule has 2 rings (SSSR count). The monoisotopic (exact) mass is 368 g/mol. The highest BCUT2D eigenvalue weighted by Gasteiger charge is 2.14. The summed E-state index contributed by atoms with van der Waals surface area (Å²) in [6, 6.07) is 13.6. The lowest BCUT2D eigenvalue weighted by Gasteiger charge is -2.18. The van der Waals surface area contributed by atoms with Gasteiger partial charge in [-0.15, -0.1) is 0 Å². The van der Waals surface area contributed by atoms with E-state index in [4.69, 9.17) is 4.74 Å². The average Bonchev–Trinajstić information content (AvgIpc) is 2.62. The topological polar surface area (TPSA) is 58.6 Å². The van der Waals surface area contributed by atoms with Crippen molar-refractivity contribution in [2.45, 2.75) is 33.6 Å². The number of amides is 2. The second-order valence-corrected chi connectivity index (χ2v) is 7.13. The van der Waals surface area contributed by atoms with E-state index in [1.807, 2.05) is 56.3 Å².